The fourth-order valence-electron chi connectivity index (χ4n) is 2.53. The number of nitrogens with zero attached hydrogens (tertiary/aromatic N) is 2. The van der Waals surface area contributed by atoms with Crippen molar-refractivity contribution in [2.24, 2.45) is 5.92 Å². The predicted octanol–water partition coefficient (Wildman–Crippen LogP) is -0.00790. The molecule has 1 amide bonds. The first-order valence-electron chi connectivity index (χ1n) is 5.17. The smallest absolute Gasteiger partial charge is 0.254 e. The highest BCUT2D eigenvalue weighted by Crippen LogP contribution is 2.49. The third-order valence-corrected chi connectivity index (χ3v) is 3.54. The van der Waals surface area contributed by atoms with Crippen LogP contribution in [0.15, 0.2) is 35.7 Å². The molecule has 0 radical (unpaired) electrons. The largest absolute Gasteiger partial charge is 0.328 e. The Morgan fingerprint density at radius 3 is 2.88 bits per heavy atom. The number of allylic oxidation sites excluding steroid dienone is 1. The van der Waals surface area contributed by atoms with Crippen molar-refractivity contribution in [3.8, 4) is 0 Å². The average Bonchev–Trinajstić information content (AvgIpc) is 2.17. The van der Waals surface area contributed by atoms with Gasteiger partial charge in [-0.1, -0.05) is 6.58 Å². The van der Waals surface area contributed by atoms with Crippen LogP contribution < -0.4 is 10.9 Å². The van der Waals surface area contributed by atoms with E-state index in [0.717, 1.165) is 5.70 Å². The molecule has 3 fully saturated rings. The molecule has 0 spiro atoms. The van der Waals surface area contributed by atoms with Crippen molar-refractivity contribution < 1.29 is 4.79 Å². The molecule has 2 aliphatic heterocycles. The number of nitrogens with one attached hydrogen (secondary N) is 1. The first kappa shape index (κ1) is 9.33. The van der Waals surface area contributed by atoms with Gasteiger partial charge in [0.1, 0.15) is 5.54 Å². The summed E-state index contributed by atoms with van der Waals surface area (Å²) < 4.78 is 1.44. The highest BCUT2D eigenvalue weighted by molar-refractivity contribution is 5.89. The Morgan fingerprint density at radius 2 is 2.25 bits per heavy atom. The third-order valence-electron chi connectivity index (χ3n) is 3.54. The number of piperidine rings is 2. The molecule has 1 saturated carbocycles. The van der Waals surface area contributed by atoms with E-state index >= 15 is 0 Å². The molecule has 16 heavy (non-hydrogen) atoms. The lowest BCUT2D eigenvalue weighted by Gasteiger charge is -2.52. The van der Waals surface area contributed by atoms with Gasteiger partial charge in [0.15, 0.2) is 0 Å². The van der Waals surface area contributed by atoms with Gasteiger partial charge in [0.05, 0.1) is 6.33 Å². The van der Waals surface area contributed by atoms with E-state index in [1.165, 1.54) is 23.2 Å². The fraction of sp³-hybridized carbons (Fsp3) is 0.364. The van der Waals surface area contributed by atoms with Gasteiger partial charge in [-0.25, -0.2) is 4.98 Å². The van der Waals surface area contributed by atoms with Gasteiger partial charge < -0.3 is 5.32 Å². The minimum Gasteiger partial charge on any atom is -0.328 e. The van der Waals surface area contributed by atoms with E-state index in [9.17, 15) is 9.59 Å². The van der Waals surface area contributed by atoms with Crippen molar-refractivity contribution in [3.63, 3.8) is 0 Å². The van der Waals surface area contributed by atoms with Gasteiger partial charge >= 0.3 is 0 Å². The number of carbonyl (C=O) groups is 1. The monoisotopic (exact) mass is 217 g/mol. The van der Waals surface area contributed by atoms with Crippen molar-refractivity contribution in [1.29, 1.82) is 0 Å². The van der Waals surface area contributed by atoms with Crippen molar-refractivity contribution in [1.82, 2.24) is 14.9 Å². The minimum absolute atomic E-state index is 0.143. The van der Waals surface area contributed by atoms with Crippen LogP contribution >= 0.6 is 0 Å². The Kier molecular flexibility index (Phi) is 1.64. The van der Waals surface area contributed by atoms with Crippen LogP contribution in [-0.4, -0.2) is 15.5 Å². The van der Waals surface area contributed by atoms with Crippen LogP contribution in [0.1, 0.15) is 12.8 Å². The van der Waals surface area contributed by atoms with Gasteiger partial charge in [0.25, 0.3) is 11.5 Å². The molecule has 2 bridgehead atoms. The Balaban J connectivity index is 2.09. The average molecular weight is 217 g/mol. The number of hydrogen-bond donors (Lipinski definition) is 1. The molecule has 0 atom stereocenters. The van der Waals surface area contributed by atoms with Crippen LogP contribution in [-0.2, 0) is 10.3 Å². The highest BCUT2D eigenvalue weighted by atomic mass is 16.2. The van der Waals surface area contributed by atoms with Crippen LogP contribution in [0.4, 0.5) is 0 Å². The zero-order valence-electron chi connectivity index (χ0n) is 8.64. The molecule has 5 heteroatoms. The summed E-state index contributed by atoms with van der Waals surface area (Å²) in [5.41, 5.74) is -0.142. The molecule has 82 valence electrons. The lowest BCUT2D eigenvalue weighted by molar-refractivity contribution is -0.140. The maximum absolute atomic E-state index is 12.0. The van der Waals surface area contributed by atoms with Crippen LogP contribution in [0.2, 0.25) is 0 Å². The fourth-order valence-corrected chi connectivity index (χ4v) is 2.53. The second-order valence-electron chi connectivity index (χ2n) is 4.40. The first-order valence-corrected chi connectivity index (χ1v) is 5.17. The summed E-state index contributed by atoms with van der Waals surface area (Å²) in [6, 6.07) is 1.37. The van der Waals surface area contributed by atoms with Crippen LogP contribution in [0, 0.1) is 5.92 Å². The molecule has 1 aromatic rings. The first-order chi connectivity index (χ1) is 7.63. The molecular formula is C11H11N3O2. The van der Waals surface area contributed by atoms with E-state index in [4.69, 9.17) is 0 Å². The molecule has 3 heterocycles. The summed E-state index contributed by atoms with van der Waals surface area (Å²) in [4.78, 5) is 27.6. The van der Waals surface area contributed by atoms with Crippen molar-refractivity contribution in [2.75, 3.05) is 0 Å². The second kappa shape index (κ2) is 2.81. The summed E-state index contributed by atoms with van der Waals surface area (Å²) in [7, 11) is 0. The summed E-state index contributed by atoms with van der Waals surface area (Å²) in [5, 5.41) is 2.72. The Labute approximate surface area is 91.8 Å². The summed E-state index contributed by atoms with van der Waals surface area (Å²) in [5.74, 6) is 0.153. The zero-order chi connectivity index (χ0) is 11.3. The van der Waals surface area contributed by atoms with E-state index in [-0.39, 0.29) is 11.5 Å². The standard InChI is InChI=1S/C11H11N3O2/c1-7-8-4-11(5-8,10(16)13-7)14-6-12-3-2-9(14)15/h2-3,6,8H,1,4-5H2,(H,13,16). The molecule has 1 aromatic heterocycles. The quantitative estimate of drug-likeness (QED) is 0.719. The van der Waals surface area contributed by atoms with Gasteiger partial charge in [0.2, 0.25) is 0 Å². The number of aromatic nitrogens is 2. The van der Waals surface area contributed by atoms with E-state index in [2.05, 4.69) is 16.9 Å². The second-order valence-corrected chi connectivity index (χ2v) is 4.40. The molecule has 2 saturated heterocycles. The Hall–Kier alpha value is -1.91. The van der Waals surface area contributed by atoms with E-state index in [0.29, 0.717) is 18.8 Å². The van der Waals surface area contributed by atoms with Crippen molar-refractivity contribution >= 4 is 5.91 Å². The molecule has 3 aliphatic rings. The van der Waals surface area contributed by atoms with Gasteiger partial charge in [-0.15, -0.1) is 0 Å². The number of hydrogen-bond acceptors (Lipinski definition) is 3. The SMILES string of the molecule is C=C1NC(=O)C2(n3cnccc3=O)CC1C2. The normalized spacial score (nSPS) is 31.9. The van der Waals surface area contributed by atoms with Gasteiger partial charge in [0, 0.05) is 23.9 Å². The summed E-state index contributed by atoms with van der Waals surface area (Å²) in [6.45, 7) is 3.80. The van der Waals surface area contributed by atoms with Crippen LogP contribution in [0.25, 0.3) is 0 Å². The third kappa shape index (κ3) is 0.973. The lowest BCUT2D eigenvalue weighted by Crippen LogP contribution is -2.65. The molecule has 5 nitrogen and oxygen atoms in total. The maximum Gasteiger partial charge on any atom is 0.254 e. The summed E-state index contributed by atoms with van der Waals surface area (Å²) >= 11 is 0. The van der Waals surface area contributed by atoms with Crippen LogP contribution in [0.3, 0.4) is 0 Å². The Morgan fingerprint density at radius 1 is 1.50 bits per heavy atom. The van der Waals surface area contributed by atoms with Crippen molar-refractivity contribution in [3.05, 3.63) is 41.2 Å². The highest BCUT2D eigenvalue weighted by Gasteiger charge is 2.57. The number of amides is 1. The van der Waals surface area contributed by atoms with Crippen molar-refractivity contribution in [2.45, 2.75) is 18.4 Å². The van der Waals surface area contributed by atoms with E-state index < -0.39 is 5.54 Å². The molecule has 1 aliphatic carbocycles. The van der Waals surface area contributed by atoms with Gasteiger partial charge in [-0.2, -0.15) is 0 Å². The summed E-state index contributed by atoms with van der Waals surface area (Å²) in [6.07, 6.45) is 4.18. The molecule has 1 N–H and O–H groups in total. The predicted molar refractivity (Wildman–Crippen MR) is 56.5 cm³/mol. The molecular weight excluding hydrogens is 206 g/mol. The molecule has 0 aromatic carbocycles. The van der Waals surface area contributed by atoms with Crippen LogP contribution in [0.5, 0.6) is 0 Å². The Bertz CT molecular complexity index is 540. The minimum atomic E-state index is -0.725. The topological polar surface area (TPSA) is 64.0 Å². The molecule has 0 unspecified atom stereocenters. The lowest BCUT2D eigenvalue weighted by atomic mass is 9.63. The van der Waals surface area contributed by atoms with E-state index in [1.807, 2.05) is 0 Å². The maximum atomic E-state index is 12.0. The van der Waals surface area contributed by atoms with E-state index in [1.54, 1.807) is 0 Å². The number of carbonyl (C=O) groups excluding carboxylic acids is 1. The number of rotatable bonds is 1. The van der Waals surface area contributed by atoms with Gasteiger partial charge in [-0.3, -0.25) is 14.2 Å². The number of fused-ring (bicyclic) bond motifs is 2. The zero-order valence-corrected chi connectivity index (χ0v) is 8.64. The van der Waals surface area contributed by atoms with Gasteiger partial charge in [-0.05, 0) is 12.8 Å². The molecule has 4 rings (SSSR count).